The molecule has 1 heterocycles. The predicted molar refractivity (Wildman–Crippen MR) is 109 cm³/mol. The molecule has 1 amide bonds. The molecule has 1 aliphatic heterocycles. The van der Waals surface area contributed by atoms with Crippen molar-refractivity contribution in [1.82, 2.24) is 10.2 Å². The fourth-order valence-corrected chi connectivity index (χ4v) is 4.24. The predicted octanol–water partition coefficient (Wildman–Crippen LogP) is 3.37. The Kier molecular flexibility index (Phi) is 7.28. The fraction of sp³-hybridized carbons (Fsp3) is 0.522. The SMILES string of the molecule is C#C[C@H]1CC[C@@H](C#N)N1C(=O)CNC1CCC(Oc2cc(C#N)cc(C(F)(F)F)c2)CC1. The number of carbonyl (C=O) groups excluding carboxylic acids is 1. The second-order valence-electron chi connectivity index (χ2n) is 8.03. The van der Waals surface area contributed by atoms with Crippen LogP contribution in [0.2, 0.25) is 0 Å². The Balaban J connectivity index is 1.51. The summed E-state index contributed by atoms with van der Waals surface area (Å²) in [4.78, 5) is 14.1. The number of terminal acetylenes is 1. The van der Waals surface area contributed by atoms with E-state index in [9.17, 15) is 23.2 Å². The van der Waals surface area contributed by atoms with Gasteiger partial charge >= 0.3 is 6.18 Å². The van der Waals surface area contributed by atoms with Gasteiger partial charge in [0.15, 0.2) is 0 Å². The van der Waals surface area contributed by atoms with E-state index in [2.05, 4.69) is 17.3 Å². The molecule has 9 heteroatoms. The second kappa shape index (κ2) is 9.94. The number of benzene rings is 1. The van der Waals surface area contributed by atoms with Gasteiger partial charge in [0.1, 0.15) is 11.8 Å². The standard InChI is InChI=1S/C23H23F3N4O2/c1-2-18-5-6-19(13-28)30(18)22(31)14-29-17-3-7-20(8-4-17)32-21-10-15(12-27)9-16(11-21)23(24,25)26/h1,9-11,17-20,29H,3-8,14H2/t17?,18-,19-,20?/m0/s1. The maximum atomic E-state index is 13.0. The van der Waals surface area contributed by atoms with Crippen molar-refractivity contribution in [3.8, 4) is 30.2 Å². The van der Waals surface area contributed by atoms with Crippen LogP contribution in [0.15, 0.2) is 18.2 Å². The first-order valence-electron chi connectivity index (χ1n) is 10.4. The molecule has 2 fully saturated rings. The number of rotatable bonds is 5. The average Bonchev–Trinajstić information content (AvgIpc) is 3.21. The molecule has 0 radical (unpaired) electrons. The molecule has 1 N–H and O–H groups in total. The molecule has 0 bridgehead atoms. The first-order valence-corrected chi connectivity index (χ1v) is 10.4. The average molecular weight is 444 g/mol. The van der Waals surface area contributed by atoms with Crippen LogP contribution in [0.4, 0.5) is 13.2 Å². The number of halogens is 3. The molecule has 3 rings (SSSR count). The zero-order chi connectivity index (χ0) is 23.3. The summed E-state index contributed by atoms with van der Waals surface area (Å²) in [6, 6.07) is 6.07. The van der Waals surface area contributed by atoms with Gasteiger partial charge in [0.05, 0.1) is 42.0 Å². The number of amides is 1. The van der Waals surface area contributed by atoms with E-state index in [4.69, 9.17) is 16.4 Å². The number of likely N-dealkylation sites (tertiary alicyclic amines) is 1. The van der Waals surface area contributed by atoms with Crippen LogP contribution in [0, 0.1) is 35.0 Å². The van der Waals surface area contributed by atoms with Crippen molar-refractivity contribution < 1.29 is 22.7 Å². The van der Waals surface area contributed by atoms with Crippen LogP contribution in [-0.4, -0.2) is 41.6 Å². The Bertz CT molecular complexity index is 943. The number of carbonyl (C=O) groups is 1. The highest BCUT2D eigenvalue weighted by atomic mass is 19.4. The van der Waals surface area contributed by atoms with Gasteiger partial charge in [-0.25, -0.2) is 0 Å². The number of hydrogen-bond donors (Lipinski definition) is 1. The number of nitrogens with zero attached hydrogens (tertiary/aromatic N) is 3. The molecular formula is C23H23F3N4O2. The first-order chi connectivity index (χ1) is 15.2. The molecule has 1 saturated heterocycles. The molecular weight excluding hydrogens is 421 g/mol. The third-order valence-electron chi connectivity index (χ3n) is 5.90. The van der Waals surface area contributed by atoms with Crippen LogP contribution >= 0.6 is 0 Å². The van der Waals surface area contributed by atoms with Crippen LogP contribution in [0.3, 0.4) is 0 Å². The topological polar surface area (TPSA) is 89.2 Å². The van der Waals surface area contributed by atoms with Crippen molar-refractivity contribution in [2.75, 3.05) is 6.54 Å². The molecule has 0 spiro atoms. The molecule has 0 aromatic heterocycles. The molecule has 0 unspecified atom stereocenters. The Hall–Kier alpha value is -3.22. The van der Waals surface area contributed by atoms with Gasteiger partial charge in [-0.15, -0.1) is 6.42 Å². The van der Waals surface area contributed by atoms with Crippen molar-refractivity contribution in [3.63, 3.8) is 0 Å². The number of ether oxygens (including phenoxy) is 1. The monoisotopic (exact) mass is 444 g/mol. The molecule has 168 valence electrons. The van der Waals surface area contributed by atoms with Gasteiger partial charge in [-0.2, -0.15) is 23.7 Å². The lowest BCUT2D eigenvalue weighted by molar-refractivity contribution is -0.137. The largest absolute Gasteiger partial charge is 0.490 e. The minimum Gasteiger partial charge on any atom is -0.490 e. The Morgan fingerprint density at radius 2 is 1.81 bits per heavy atom. The van der Waals surface area contributed by atoms with E-state index in [1.807, 2.05) is 0 Å². The minimum absolute atomic E-state index is 0.0277. The molecule has 2 atom stereocenters. The number of hydrogen-bond acceptors (Lipinski definition) is 5. The van der Waals surface area contributed by atoms with Crippen LogP contribution in [0.1, 0.15) is 49.7 Å². The summed E-state index contributed by atoms with van der Waals surface area (Å²) >= 11 is 0. The quantitative estimate of drug-likeness (QED) is 0.704. The third-order valence-corrected chi connectivity index (χ3v) is 5.90. The van der Waals surface area contributed by atoms with Gasteiger partial charge in [-0.05, 0) is 56.7 Å². The number of nitriles is 2. The minimum atomic E-state index is -4.56. The van der Waals surface area contributed by atoms with Crippen LogP contribution in [-0.2, 0) is 11.0 Å². The molecule has 32 heavy (non-hydrogen) atoms. The number of alkyl halides is 3. The van der Waals surface area contributed by atoms with E-state index in [-0.39, 0.29) is 42.0 Å². The molecule has 1 aliphatic carbocycles. The lowest BCUT2D eigenvalue weighted by atomic mass is 9.93. The van der Waals surface area contributed by atoms with Crippen molar-refractivity contribution in [2.45, 2.75) is 68.9 Å². The lowest BCUT2D eigenvalue weighted by Gasteiger charge is -2.31. The lowest BCUT2D eigenvalue weighted by Crippen LogP contribution is -2.47. The Labute approximate surface area is 184 Å². The molecule has 6 nitrogen and oxygen atoms in total. The van der Waals surface area contributed by atoms with Gasteiger partial charge in [0.2, 0.25) is 5.91 Å². The van der Waals surface area contributed by atoms with E-state index < -0.39 is 17.8 Å². The molecule has 2 aliphatic rings. The summed E-state index contributed by atoms with van der Waals surface area (Å²) in [6.07, 6.45) is 4.40. The van der Waals surface area contributed by atoms with Crippen molar-refractivity contribution in [2.24, 2.45) is 0 Å². The highest BCUT2D eigenvalue weighted by Crippen LogP contribution is 2.34. The maximum Gasteiger partial charge on any atom is 0.416 e. The van der Waals surface area contributed by atoms with E-state index in [0.29, 0.717) is 38.5 Å². The van der Waals surface area contributed by atoms with Gasteiger partial charge in [0.25, 0.3) is 0 Å². The fourth-order valence-electron chi connectivity index (χ4n) is 4.24. The summed E-state index contributed by atoms with van der Waals surface area (Å²) in [5.74, 6) is 2.39. The highest BCUT2D eigenvalue weighted by Gasteiger charge is 2.36. The molecule has 1 saturated carbocycles. The zero-order valence-corrected chi connectivity index (χ0v) is 17.4. The normalized spacial score (nSPS) is 25.4. The maximum absolute atomic E-state index is 13.0. The van der Waals surface area contributed by atoms with Gasteiger partial charge in [-0.3, -0.25) is 4.79 Å². The van der Waals surface area contributed by atoms with Gasteiger partial charge in [-0.1, -0.05) is 5.92 Å². The van der Waals surface area contributed by atoms with E-state index >= 15 is 0 Å². The van der Waals surface area contributed by atoms with Crippen molar-refractivity contribution in [1.29, 1.82) is 10.5 Å². The molecule has 1 aromatic carbocycles. The Morgan fingerprint density at radius 3 is 2.41 bits per heavy atom. The van der Waals surface area contributed by atoms with Crippen molar-refractivity contribution in [3.05, 3.63) is 29.3 Å². The summed E-state index contributed by atoms with van der Waals surface area (Å²) in [5, 5.41) is 21.4. The van der Waals surface area contributed by atoms with Gasteiger partial charge < -0.3 is 15.0 Å². The van der Waals surface area contributed by atoms with E-state index in [1.54, 1.807) is 6.07 Å². The molecule has 1 aromatic rings. The second-order valence-corrected chi connectivity index (χ2v) is 8.03. The third kappa shape index (κ3) is 5.52. The van der Waals surface area contributed by atoms with Crippen LogP contribution in [0.5, 0.6) is 5.75 Å². The summed E-state index contributed by atoms with van der Waals surface area (Å²) in [6.45, 7) is 0.0751. The zero-order valence-electron chi connectivity index (χ0n) is 17.4. The summed E-state index contributed by atoms with van der Waals surface area (Å²) in [5.41, 5.74) is -1.02. The van der Waals surface area contributed by atoms with E-state index in [1.165, 1.54) is 11.0 Å². The van der Waals surface area contributed by atoms with E-state index in [0.717, 1.165) is 12.1 Å². The highest BCUT2D eigenvalue weighted by molar-refractivity contribution is 5.80. The number of nitrogens with one attached hydrogen (secondary N) is 1. The van der Waals surface area contributed by atoms with Gasteiger partial charge in [0, 0.05) is 6.04 Å². The first kappa shape index (κ1) is 23.4. The van der Waals surface area contributed by atoms with Crippen LogP contribution < -0.4 is 10.1 Å². The van der Waals surface area contributed by atoms with Crippen molar-refractivity contribution >= 4 is 5.91 Å². The Morgan fingerprint density at radius 1 is 1.12 bits per heavy atom. The smallest absolute Gasteiger partial charge is 0.416 e. The van der Waals surface area contributed by atoms with Crippen LogP contribution in [0.25, 0.3) is 0 Å². The summed E-state index contributed by atoms with van der Waals surface area (Å²) < 4.78 is 44.8. The summed E-state index contributed by atoms with van der Waals surface area (Å²) in [7, 11) is 0.